The van der Waals surface area contributed by atoms with E-state index < -0.39 is 5.41 Å². The first kappa shape index (κ1) is 15.5. The molecular formula is C23H18O2. The fraction of sp³-hybridized carbons (Fsp3) is 0.130. The predicted molar refractivity (Wildman–Crippen MR) is 97.5 cm³/mol. The summed E-state index contributed by atoms with van der Waals surface area (Å²) in [6.45, 7) is 0. The second kappa shape index (κ2) is 6.14. The van der Waals surface area contributed by atoms with Crippen LogP contribution in [0.5, 0.6) is 0 Å². The van der Waals surface area contributed by atoms with Crippen molar-refractivity contribution in [3.63, 3.8) is 0 Å². The van der Waals surface area contributed by atoms with Gasteiger partial charge in [-0.2, -0.15) is 0 Å². The van der Waals surface area contributed by atoms with Crippen molar-refractivity contribution in [1.29, 1.82) is 0 Å². The van der Waals surface area contributed by atoms with Gasteiger partial charge in [-0.15, -0.1) is 0 Å². The molecule has 2 nitrogen and oxygen atoms in total. The smallest absolute Gasteiger partial charge is 0.213 e. The van der Waals surface area contributed by atoms with Gasteiger partial charge in [0.15, 0.2) is 5.78 Å². The summed E-state index contributed by atoms with van der Waals surface area (Å²) < 4.78 is 0. The van der Waals surface area contributed by atoms with Crippen molar-refractivity contribution in [3.8, 4) is 0 Å². The van der Waals surface area contributed by atoms with Crippen LogP contribution in [-0.2, 0) is 15.0 Å². The van der Waals surface area contributed by atoms with E-state index in [2.05, 4.69) is 0 Å². The van der Waals surface area contributed by atoms with Crippen LogP contribution in [0.4, 0.5) is 0 Å². The Morgan fingerprint density at radius 1 is 0.640 bits per heavy atom. The van der Waals surface area contributed by atoms with Gasteiger partial charge in [0.25, 0.3) is 0 Å². The summed E-state index contributed by atoms with van der Waals surface area (Å²) in [7, 11) is 0. The number of Topliss-reactive ketones (excluding diaryl/α,β-unsaturated/α-hetero) is 2. The summed E-state index contributed by atoms with van der Waals surface area (Å²) in [5.41, 5.74) is 1.83. The Morgan fingerprint density at radius 3 is 1.56 bits per heavy atom. The molecule has 1 aliphatic rings. The van der Waals surface area contributed by atoms with Gasteiger partial charge in [0.2, 0.25) is 5.78 Å². The maximum Gasteiger partial charge on any atom is 0.213 e. The van der Waals surface area contributed by atoms with Gasteiger partial charge in [0.1, 0.15) is 0 Å². The first-order valence-corrected chi connectivity index (χ1v) is 8.48. The molecule has 2 heteroatoms. The van der Waals surface area contributed by atoms with Gasteiger partial charge in [-0.1, -0.05) is 91.0 Å². The first-order chi connectivity index (χ1) is 12.2. The summed E-state index contributed by atoms with van der Waals surface area (Å²) in [5, 5.41) is 0. The molecule has 0 aliphatic heterocycles. The van der Waals surface area contributed by atoms with E-state index in [4.69, 9.17) is 0 Å². The van der Waals surface area contributed by atoms with E-state index in [1.54, 1.807) is 0 Å². The van der Waals surface area contributed by atoms with Crippen molar-refractivity contribution in [2.75, 3.05) is 0 Å². The summed E-state index contributed by atoms with van der Waals surface area (Å²) in [6.07, 6.45) is 0.243. The summed E-state index contributed by atoms with van der Waals surface area (Å²) in [4.78, 5) is 25.8. The summed E-state index contributed by atoms with van der Waals surface area (Å²) >= 11 is 0. The van der Waals surface area contributed by atoms with Crippen molar-refractivity contribution in [3.05, 3.63) is 108 Å². The Kier molecular flexibility index (Phi) is 3.81. The fourth-order valence-corrected chi connectivity index (χ4v) is 4.10. The zero-order valence-electron chi connectivity index (χ0n) is 13.8. The lowest BCUT2D eigenvalue weighted by atomic mass is 9.65. The van der Waals surface area contributed by atoms with Crippen molar-refractivity contribution >= 4 is 11.6 Å². The van der Waals surface area contributed by atoms with E-state index in [0.717, 1.165) is 16.7 Å². The van der Waals surface area contributed by atoms with Crippen molar-refractivity contribution in [1.82, 2.24) is 0 Å². The van der Waals surface area contributed by atoms with Crippen LogP contribution in [0.1, 0.15) is 29.0 Å². The average Bonchev–Trinajstić information content (AvgIpc) is 2.96. The Bertz CT molecular complexity index is 859. The van der Waals surface area contributed by atoms with Crippen LogP contribution in [0.2, 0.25) is 0 Å². The van der Waals surface area contributed by atoms with Crippen LogP contribution in [0.25, 0.3) is 0 Å². The number of benzene rings is 3. The third kappa shape index (κ3) is 2.33. The second-order valence-corrected chi connectivity index (χ2v) is 6.46. The molecule has 1 fully saturated rings. The Morgan fingerprint density at radius 2 is 1.08 bits per heavy atom. The highest BCUT2D eigenvalue weighted by Crippen LogP contribution is 2.51. The lowest BCUT2D eigenvalue weighted by Gasteiger charge is -2.35. The quantitative estimate of drug-likeness (QED) is 0.673. The molecule has 122 valence electrons. The molecule has 1 aliphatic carbocycles. The maximum absolute atomic E-state index is 13.3. The molecule has 0 aromatic heterocycles. The molecule has 3 aromatic rings. The van der Waals surface area contributed by atoms with Crippen LogP contribution >= 0.6 is 0 Å². The van der Waals surface area contributed by atoms with E-state index >= 15 is 0 Å². The SMILES string of the molecule is O=C1CC(c2ccccc2)C(c2ccccc2)(c2ccccc2)C1=O. The van der Waals surface area contributed by atoms with Crippen molar-refractivity contribution in [2.24, 2.45) is 0 Å². The van der Waals surface area contributed by atoms with Gasteiger partial charge in [-0.05, 0) is 16.7 Å². The topological polar surface area (TPSA) is 34.1 Å². The van der Waals surface area contributed by atoms with Crippen molar-refractivity contribution in [2.45, 2.75) is 17.8 Å². The standard InChI is InChI=1S/C23H18O2/c24-21-16-20(17-10-4-1-5-11-17)23(22(21)25,18-12-6-2-7-13-18)19-14-8-3-9-15-19/h1-15,20H,16H2. The number of rotatable bonds is 3. The highest BCUT2D eigenvalue weighted by atomic mass is 16.2. The molecule has 0 amide bonds. The lowest BCUT2D eigenvalue weighted by Crippen LogP contribution is -2.39. The van der Waals surface area contributed by atoms with Crippen molar-refractivity contribution < 1.29 is 9.59 Å². The second-order valence-electron chi connectivity index (χ2n) is 6.46. The van der Waals surface area contributed by atoms with Gasteiger partial charge in [-0.25, -0.2) is 0 Å². The minimum Gasteiger partial charge on any atom is -0.291 e. The lowest BCUT2D eigenvalue weighted by molar-refractivity contribution is -0.135. The maximum atomic E-state index is 13.3. The third-order valence-electron chi connectivity index (χ3n) is 5.18. The van der Waals surface area contributed by atoms with Crippen LogP contribution in [0, 0.1) is 0 Å². The number of carbonyl (C=O) groups excluding carboxylic acids is 2. The van der Waals surface area contributed by atoms with Gasteiger partial charge < -0.3 is 0 Å². The molecular weight excluding hydrogens is 308 g/mol. The van der Waals surface area contributed by atoms with Gasteiger partial charge in [-0.3, -0.25) is 9.59 Å². The molecule has 1 unspecified atom stereocenters. The van der Waals surface area contributed by atoms with E-state index in [1.807, 2.05) is 91.0 Å². The molecule has 0 radical (unpaired) electrons. The van der Waals surface area contributed by atoms with E-state index in [1.165, 1.54) is 0 Å². The number of hydrogen-bond acceptors (Lipinski definition) is 2. The molecule has 0 saturated heterocycles. The fourth-order valence-electron chi connectivity index (χ4n) is 4.10. The minimum absolute atomic E-state index is 0.196. The number of hydrogen-bond donors (Lipinski definition) is 0. The third-order valence-corrected chi connectivity index (χ3v) is 5.18. The largest absolute Gasteiger partial charge is 0.291 e. The Hall–Kier alpha value is -3.00. The molecule has 0 heterocycles. The van der Waals surface area contributed by atoms with Crippen LogP contribution in [-0.4, -0.2) is 11.6 Å². The zero-order valence-corrected chi connectivity index (χ0v) is 13.8. The monoisotopic (exact) mass is 326 g/mol. The zero-order chi connectivity index (χ0) is 17.3. The first-order valence-electron chi connectivity index (χ1n) is 8.48. The Balaban J connectivity index is 2.04. The molecule has 0 bridgehead atoms. The molecule has 1 atom stereocenters. The predicted octanol–water partition coefficient (Wildman–Crippen LogP) is 4.30. The van der Waals surface area contributed by atoms with E-state index in [9.17, 15) is 9.59 Å². The number of carbonyl (C=O) groups is 2. The molecule has 25 heavy (non-hydrogen) atoms. The van der Waals surface area contributed by atoms with Gasteiger partial charge >= 0.3 is 0 Å². The van der Waals surface area contributed by atoms with Crippen LogP contribution < -0.4 is 0 Å². The van der Waals surface area contributed by atoms with Gasteiger partial charge in [0, 0.05) is 12.3 Å². The van der Waals surface area contributed by atoms with Crippen LogP contribution in [0.15, 0.2) is 91.0 Å². The van der Waals surface area contributed by atoms with E-state index in [-0.39, 0.29) is 23.9 Å². The van der Waals surface area contributed by atoms with Gasteiger partial charge in [0.05, 0.1) is 5.41 Å². The average molecular weight is 326 g/mol. The van der Waals surface area contributed by atoms with Crippen LogP contribution in [0.3, 0.4) is 0 Å². The molecule has 1 saturated carbocycles. The number of ketones is 2. The molecule has 4 rings (SSSR count). The summed E-state index contributed by atoms with van der Waals surface area (Å²) in [5.74, 6) is -0.793. The summed E-state index contributed by atoms with van der Waals surface area (Å²) in [6, 6.07) is 29.3. The highest BCUT2D eigenvalue weighted by Gasteiger charge is 2.57. The molecule has 0 N–H and O–H groups in total. The minimum atomic E-state index is -0.957. The van der Waals surface area contributed by atoms with E-state index in [0.29, 0.717) is 0 Å². The Labute approximate surface area is 147 Å². The normalized spacial score (nSPS) is 19.1. The molecule has 0 spiro atoms. The highest BCUT2D eigenvalue weighted by molar-refractivity contribution is 6.44. The molecule has 3 aromatic carbocycles.